The molecule has 0 aliphatic carbocycles. The predicted molar refractivity (Wildman–Crippen MR) is 71.0 cm³/mol. The minimum absolute atomic E-state index is 0.235. The third-order valence-corrected chi connectivity index (χ3v) is 2.52. The Morgan fingerprint density at radius 2 is 2.11 bits per heavy atom. The van der Waals surface area contributed by atoms with Crippen LogP contribution in [0.25, 0.3) is 0 Å². The Kier molecular flexibility index (Phi) is 5.17. The van der Waals surface area contributed by atoms with E-state index in [1.54, 1.807) is 32.0 Å². The number of carbonyl (C=O) groups is 2. The standard InChI is InChI=1S/C13H18N2O4/c1-4-19-13(17)8(2)15-12(16)9-6-5-7-10(18-3)11(9)14/h5-8H,4,14H2,1-3H3,(H,15,16). The highest BCUT2D eigenvalue weighted by Crippen LogP contribution is 2.24. The van der Waals surface area contributed by atoms with Crippen molar-refractivity contribution in [3.05, 3.63) is 23.8 Å². The quantitative estimate of drug-likeness (QED) is 0.612. The molecule has 0 radical (unpaired) electrons. The van der Waals surface area contributed by atoms with Crippen molar-refractivity contribution in [2.24, 2.45) is 0 Å². The number of carbonyl (C=O) groups excluding carboxylic acids is 2. The molecule has 1 amide bonds. The van der Waals surface area contributed by atoms with Crippen molar-refractivity contribution >= 4 is 17.6 Å². The molecule has 0 saturated carbocycles. The zero-order valence-electron chi connectivity index (χ0n) is 11.2. The maximum Gasteiger partial charge on any atom is 0.328 e. The summed E-state index contributed by atoms with van der Waals surface area (Å²) in [7, 11) is 1.47. The first kappa shape index (κ1) is 14.8. The molecule has 1 unspecified atom stereocenters. The molecule has 0 fully saturated rings. The van der Waals surface area contributed by atoms with Crippen molar-refractivity contribution in [1.82, 2.24) is 5.32 Å². The lowest BCUT2D eigenvalue weighted by Crippen LogP contribution is -2.39. The van der Waals surface area contributed by atoms with E-state index >= 15 is 0 Å². The number of benzene rings is 1. The van der Waals surface area contributed by atoms with E-state index in [1.807, 2.05) is 0 Å². The number of hydrogen-bond acceptors (Lipinski definition) is 5. The van der Waals surface area contributed by atoms with Crippen LogP contribution in [-0.4, -0.2) is 31.6 Å². The minimum Gasteiger partial charge on any atom is -0.495 e. The van der Waals surface area contributed by atoms with Crippen molar-refractivity contribution in [3.63, 3.8) is 0 Å². The second-order valence-electron chi connectivity index (χ2n) is 3.87. The van der Waals surface area contributed by atoms with Crippen LogP contribution in [0.5, 0.6) is 5.75 Å². The molecule has 19 heavy (non-hydrogen) atoms. The highest BCUT2D eigenvalue weighted by molar-refractivity contribution is 6.01. The number of nitrogen functional groups attached to an aromatic ring is 1. The van der Waals surface area contributed by atoms with Crippen molar-refractivity contribution in [1.29, 1.82) is 0 Å². The molecular formula is C13H18N2O4. The van der Waals surface area contributed by atoms with Crippen molar-refractivity contribution in [3.8, 4) is 5.75 Å². The van der Waals surface area contributed by atoms with E-state index < -0.39 is 17.9 Å². The molecule has 6 heteroatoms. The first-order valence-electron chi connectivity index (χ1n) is 5.91. The van der Waals surface area contributed by atoms with E-state index in [4.69, 9.17) is 15.2 Å². The van der Waals surface area contributed by atoms with Crippen molar-refractivity contribution < 1.29 is 19.1 Å². The fourth-order valence-corrected chi connectivity index (χ4v) is 1.52. The Morgan fingerprint density at radius 1 is 1.42 bits per heavy atom. The minimum atomic E-state index is -0.738. The summed E-state index contributed by atoms with van der Waals surface area (Å²) in [6, 6.07) is 4.13. The van der Waals surface area contributed by atoms with Crippen molar-refractivity contribution in [2.45, 2.75) is 19.9 Å². The lowest BCUT2D eigenvalue weighted by atomic mass is 10.1. The van der Waals surface area contributed by atoms with Gasteiger partial charge in [0.15, 0.2) is 0 Å². The molecule has 0 spiro atoms. The predicted octanol–water partition coefficient (Wildman–Crippen LogP) is 0.959. The van der Waals surface area contributed by atoms with Crippen LogP contribution in [0.3, 0.4) is 0 Å². The van der Waals surface area contributed by atoms with Crippen LogP contribution >= 0.6 is 0 Å². The Balaban J connectivity index is 2.81. The van der Waals surface area contributed by atoms with Crippen LogP contribution in [0.2, 0.25) is 0 Å². The van der Waals surface area contributed by atoms with Gasteiger partial charge in [-0.15, -0.1) is 0 Å². The van der Waals surface area contributed by atoms with Crippen LogP contribution in [0.4, 0.5) is 5.69 Å². The maximum atomic E-state index is 12.0. The third kappa shape index (κ3) is 3.61. The van der Waals surface area contributed by atoms with Crippen LogP contribution in [0, 0.1) is 0 Å². The number of hydrogen-bond donors (Lipinski definition) is 2. The SMILES string of the molecule is CCOC(=O)C(C)NC(=O)c1cccc(OC)c1N. The van der Waals surface area contributed by atoms with E-state index in [0.717, 1.165) is 0 Å². The average Bonchev–Trinajstić information content (AvgIpc) is 2.39. The van der Waals surface area contributed by atoms with Gasteiger partial charge in [-0.1, -0.05) is 6.07 Å². The van der Waals surface area contributed by atoms with Gasteiger partial charge in [-0.25, -0.2) is 4.79 Å². The van der Waals surface area contributed by atoms with Crippen LogP contribution in [-0.2, 0) is 9.53 Å². The number of ether oxygens (including phenoxy) is 2. The molecule has 0 aliphatic heterocycles. The summed E-state index contributed by atoms with van der Waals surface area (Å²) in [6.07, 6.45) is 0. The lowest BCUT2D eigenvalue weighted by Gasteiger charge is -2.14. The monoisotopic (exact) mass is 266 g/mol. The summed E-state index contributed by atoms with van der Waals surface area (Å²) in [6.45, 7) is 3.51. The largest absolute Gasteiger partial charge is 0.495 e. The van der Waals surface area contributed by atoms with Gasteiger partial charge in [0.1, 0.15) is 11.8 Å². The smallest absolute Gasteiger partial charge is 0.328 e. The van der Waals surface area contributed by atoms with Crippen LogP contribution in [0.15, 0.2) is 18.2 Å². The zero-order chi connectivity index (χ0) is 14.4. The summed E-state index contributed by atoms with van der Waals surface area (Å²) >= 11 is 0. The Hall–Kier alpha value is -2.24. The highest BCUT2D eigenvalue weighted by Gasteiger charge is 2.19. The third-order valence-electron chi connectivity index (χ3n) is 2.52. The van der Waals surface area contributed by atoms with E-state index in [0.29, 0.717) is 5.75 Å². The average molecular weight is 266 g/mol. The van der Waals surface area contributed by atoms with Gasteiger partial charge in [-0.3, -0.25) is 4.79 Å². The second-order valence-corrected chi connectivity index (χ2v) is 3.87. The van der Waals surface area contributed by atoms with Gasteiger partial charge in [0, 0.05) is 0 Å². The number of para-hydroxylation sites is 1. The zero-order valence-corrected chi connectivity index (χ0v) is 11.2. The number of methoxy groups -OCH3 is 1. The first-order chi connectivity index (χ1) is 9.01. The molecule has 104 valence electrons. The van der Waals surface area contributed by atoms with E-state index in [2.05, 4.69) is 5.32 Å². The molecule has 6 nitrogen and oxygen atoms in total. The number of nitrogens with two attached hydrogens (primary N) is 1. The van der Waals surface area contributed by atoms with Gasteiger partial charge in [0.05, 0.1) is 25.0 Å². The fraction of sp³-hybridized carbons (Fsp3) is 0.385. The Bertz CT molecular complexity index is 474. The Labute approximate surface area is 111 Å². The van der Waals surface area contributed by atoms with Gasteiger partial charge in [0.25, 0.3) is 5.91 Å². The van der Waals surface area contributed by atoms with Crippen molar-refractivity contribution in [2.75, 3.05) is 19.5 Å². The first-order valence-corrected chi connectivity index (χ1v) is 5.91. The molecular weight excluding hydrogens is 248 g/mol. The normalized spacial score (nSPS) is 11.5. The molecule has 1 rings (SSSR count). The highest BCUT2D eigenvalue weighted by atomic mass is 16.5. The number of anilines is 1. The molecule has 1 aromatic rings. The number of amides is 1. The van der Waals surface area contributed by atoms with E-state index in [1.165, 1.54) is 7.11 Å². The number of nitrogens with one attached hydrogen (secondary N) is 1. The van der Waals surface area contributed by atoms with E-state index in [-0.39, 0.29) is 17.9 Å². The molecule has 0 aromatic heterocycles. The summed E-state index contributed by atoms with van der Waals surface area (Å²) in [4.78, 5) is 23.4. The number of esters is 1. The van der Waals surface area contributed by atoms with Gasteiger partial charge in [0.2, 0.25) is 0 Å². The van der Waals surface area contributed by atoms with Gasteiger partial charge < -0.3 is 20.5 Å². The molecule has 3 N–H and O–H groups in total. The van der Waals surface area contributed by atoms with Crippen LogP contribution in [0.1, 0.15) is 24.2 Å². The van der Waals surface area contributed by atoms with Crippen LogP contribution < -0.4 is 15.8 Å². The summed E-state index contributed by atoms with van der Waals surface area (Å²) in [5.41, 5.74) is 6.30. The molecule has 0 aliphatic rings. The van der Waals surface area contributed by atoms with Gasteiger partial charge in [-0.05, 0) is 26.0 Å². The summed E-state index contributed by atoms with van der Waals surface area (Å²) in [5.74, 6) is -0.522. The topological polar surface area (TPSA) is 90.6 Å². The molecule has 0 saturated heterocycles. The number of rotatable bonds is 5. The van der Waals surface area contributed by atoms with E-state index in [9.17, 15) is 9.59 Å². The van der Waals surface area contributed by atoms with Gasteiger partial charge in [-0.2, -0.15) is 0 Å². The second kappa shape index (κ2) is 6.63. The fourth-order valence-electron chi connectivity index (χ4n) is 1.52. The summed E-state index contributed by atoms with van der Waals surface area (Å²) in [5, 5.41) is 2.52. The molecule has 0 heterocycles. The molecule has 1 atom stereocenters. The molecule has 0 bridgehead atoms. The lowest BCUT2D eigenvalue weighted by molar-refractivity contribution is -0.144. The Morgan fingerprint density at radius 3 is 2.68 bits per heavy atom. The van der Waals surface area contributed by atoms with Gasteiger partial charge >= 0.3 is 5.97 Å². The molecule has 1 aromatic carbocycles. The summed E-state index contributed by atoms with van der Waals surface area (Å²) < 4.78 is 9.84. The maximum absolute atomic E-state index is 12.0.